The Morgan fingerprint density at radius 3 is 2.25 bits per heavy atom. The van der Waals surface area contributed by atoms with Crippen LogP contribution in [0.25, 0.3) is 10.8 Å². The number of nitrogens with zero attached hydrogens (tertiary/aromatic N) is 2. The number of phenolic OH excluding ortho intramolecular Hbond substituents is 1. The van der Waals surface area contributed by atoms with Crippen LogP contribution in [0.1, 0.15) is 15.9 Å². The molecule has 1 amide bonds. The lowest BCUT2D eigenvalue weighted by molar-refractivity contribution is 0.102. The maximum absolute atomic E-state index is 13.1. The minimum Gasteiger partial charge on any atom is -0.505 e. The summed E-state index contributed by atoms with van der Waals surface area (Å²) < 4.78 is 31.6. The van der Waals surface area contributed by atoms with Crippen molar-refractivity contribution in [2.75, 3.05) is 12.4 Å². The summed E-state index contributed by atoms with van der Waals surface area (Å²) >= 11 is 0. The fourth-order valence-corrected chi connectivity index (χ4v) is 5.60. The molecule has 5 rings (SSSR count). The summed E-state index contributed by atoms with van der Waals surface area (Å²) in [6, 6.07) is 30.8. The Balaban J connectivity index is 1.54. The maximum atomic E-state index is 13.1. The lowest BCUT2D eigenvalue weighted by Crippen LogP contribution is -2.12. The van der Waals surface area contributed by atoms with Gasteiger partial charge in [0.05, 0.1) is 23.3 Å². The van der Waals surface area contributed by atoms with E-state index in [0.717, 1.165) is 0 Å². The molecule has 0 aliphatic rings. The van der Waals surface area contributed by atoms with Gasteiger partial charge in [0.1, 0.15) is 17.1 Å². The zero-order chi connectivity index (χ0) is 28.1. The third-order valence-corrected chi connectivity index (χ3v) is 7.92. The fourth-order valence-electron chi connectivity index (χ4n) is 4.23. The first kappa shape index (κ1) is 26.6. The van der Waals surface area contributed by atoms with Gasteiger partial charge in [-0.15, -0.1) is 10.2 Å². The van der Waals surface area contributed by atoms with Crippen LogP contribution in [0.4, 0.5) is 17.1 Å². The molecule has 5 aromatic rings. The number of para-hydroxylation sites is 1. The van der Waals surface area contributed by atoms with Crippen molar-refractivity contribution in [3.8, 4) is 11.5 Å². The standard InChI is InChI=1S/C31H25N3O5S/c1-39-28-17-16-24(40(37,38)20-21-10-4-2-5-11-21)19-27(28)33-34-29-25-15-9-8-12-22(25)18-26(30(29)35)31(36)32-23-13-6-3-7-14-23/h2-19,35H,20H2,1H3,(H,32,36). The van der Waals surface area contributed by atoms with Crippen LogP contribution in [0.3, 0.4) is 0 Å². The van der Waals surface area contributed by atoms with Crippen molar-refractivity contribution >= 4 is 43.6 Å². The first-order chi connectivity index (χ1) is 19.4. The number of fused-ring (bicyclic) bond motifs is 1. The highest BCUT2D eigenvalue weighted by Gasteiger charge is 2.20. The molecule has 0 radical (unpaired) electrons. The Kier molecular flexibility index (Phi) is 7.56. The number of nitrogens with one attached hydrogen (secondary N) is 1. The molecular weight excluding hydrogens is 526 g/mol. The smallest absolute Gasteiger partial charge is 0.259 e. The van der Waals surface area contributed by atoms with Gasteiger partial charge < -0.3 is 15.2 Å². The van der Waals surface area contributed by atoms with Gasteiger partial charge in [-0.05, 0) is 47.3 Å². The number of carbonyl (C=O) groups excluding carboxylic acids is 1. The van der Waals surface area contributed by atoms with Crippen molar-refractivity contribution < 1.29 is 23.1 Å². The molecule has 40 heavy (non-hydrogen) atoms. The highest BCUT2D eigenvalue weighted by molar-refractivity contribution is 7.90. The number of methoxy groups -OCH3 is 1. The SMILES string of the molecule is COc1ccc(S(=O)(=O)Cc2ccccc2)cc1N=Nc1c(O)c(C(=O)Nc2ccccc2)cc2ccccc12. The molecule has 9 heteroatoms. The summed E-state index contributed by atoms with van der Waals surface area (Å²) in [4.78, 5) is 13.1. The molecule has 0 saturated carbocycles. The number of amides is 1. The van der Waals surface area contributed by atoms with Crippen molar-refractivity contribution in [1.29, 1.82) is 0 Å². The van der Waals surface area contributed by atoms with Gasteiger partial charge in [0, 0.05) is 11.1 Å². The topological polar surface area (TPSA) is 117 Å². The third-order valence-electron chi connectivity index (χ3n) is 6.24. The Morgan fingerprint density at radius 1 is 0.850 bits per heavy atom. The number of benzene rings is 5. The summed E-state index contributed by atoms with van der Waals surface area (Å²) in [5.41, 5.74) is 1.46. The van der Waals surface area contributed by atoms with Gasteiger partial charge in [-0.2, -0.15) is 0 Å². The molecule has 0 atom stereocenters. The van der Waals surface area contributed by atoms with Crippen LogP contribution in [0.15, 0.2) is 124 Å². The van der Waals surface area contributed by atoms with Crippen molar-refractivity contribution in [2.45, 2.75) is 10.6 Å². The van der Waals surface area contributed by atoms with Crippen LogP contribution in [0.5, 0.6) is 11.5 Å². The first-order valence-electron chi connectivity index (χ1n) is 12.3. The van der Waals surface area contributed by atoms with E-state index >= 15 is 0 Å². The summed E-state index contributed by atoms with van der Waals surface area (Å²) in [6.45, 7) is 0. The number of hydrogen-bond acceptors (Lipinski definition) is 7. The monoisotopic (exact) mass is 551 g/mol. The van der Waals surface area contributed by atoms with E-state index in [1.807, 2.05) is 18.2 Å². The van der Waals surface area contributed by atoms with Crippen molar-refractivity contribution in [1.82, 2.24) is 0 Å². The lowest BCUT2D eigenvalue weighted by Gasteiger charge is -2.12. The van der Waals surface area contributed by atoms with Gasteiger partial charge >= 0.3 is 0 Å². The van der Waals surface area contributed by atoms with Gasteiger partial charge in [0.15, 0.2) is 15.6 Å². The molecule has 8 nitrogen and oxygen atoms in total. The van der Waals surface area contributed by atoms with Crippen LogP contribution < -0.4 is 10.1 Å². The molecule has 0 spiro atoms. The van der Waals surface area contributed by atoms with E-state index < -0.39 is 15.7 Å². The zero-order valence-electron chi connectivity index (χ0n) is 21.5. The second-order valence-electron chi connectivity index (χ2n) is 8.94. The number of carbonyl (C=O) groups is 1. The van der Waals surface area contributed by atoms with E-state index in [1.54, 1.807) is 72.8 Å². The van der Waals surface area contributed by atoms with Crippen LogP contribution >= 0.6 is 0 Å². The lowest BCUT2D eigenvalue weighted by atomic mass is 10.0. The Bertz CT molecular complexity index is 1820. The molecule has 0 fully saturated rings. The molecule has 0 unspecified atom stereocenters. The molecule has 0 heterocycles. The van der Waals surface area contributed by atoms with E-state index in [4.69, 9.17) is 4.74 Å². The van der Waals surface area contributed by atoms with Crippen LogP contribution in [-0.2, 0) is 15.6 Å². The Hall–Kier alpha value is -5.02. The Morgan fingerprint density at radius 2 is 1.52 bits per heavy atom. The zero-order valence-corrected chi connectivity index (χ0v) is 22.3. The van der Waals surface area contributed by atoms with Gasteiger partial charge in [-0.1, -0.05) is 72.8 Å². The molecule has 5 aromatic carbocycles. The summed E-state index contributed by atoms with van der Waals surface area (Å²) in [7, 11) is -2.26. The van der Waals surface area contributed by atoms with Crippen LogP contribution in [0, 0.1) is 0 Å². The van der Waals surface area contributed by atoms with E-state index in [9.17, 15) is 18.3 Å². The summed E-state index contributed by atoms with van der Waals surface area (Å²) in [5.74, 6) is -0.759. The van der Waals surface area contributed by atoms with Crippen molar-refractivity contribution in [3.05, 3.63) is 120 Å². The largest absolute Gasteiger partial charge is 0.505 e. The maximum Gasteiger partial charge on any atom is 0.259 e. The Labute approximate surface area is 231 Å². The highest BCUT2D eigenvalue weighted by atomic mass is 32.2. The van der Waals surface area contributed by atoms with Crippen LogP contribution in [-0.4, -0.2) is 26.5 Å². The summed E-state index contributed by atoms with van der Waals surface area (Å²) in [6.07, 6.45) is 0. The average Bonchev–Trinajstić information content (AvgIpc) is 2.97. The van der Waals surface area contributed by atoms with E-state index in [0.29, 0.717) is 27.8 Å². The molecular formula is C31H25N3O5S. The van der Waals surface area contributed by atoms with Crippen molar-refractivity contribution in [3.63, 3.8) is 0 Å². The van der Waals surface area contributed by atoms with E-state index in [-0.39, 0.29) is 33.3 Å². The highest BCUT2D eigenvalue weighted by Crippen LogP contribution is 2.41. The molecule has 0 bridgehead atoms. The number of sulfone groups is 1. The van der Waals surface area contributed by atoms with E-state index in [2.05, 4.69) is 15.5 Å². The second-order valence-corrected chi connectivity index (χ2v) is 10.9. The number of ether oxygens (including phenoxy) is 1. The molecule has 0 aliphatic heterocycles. The number of azo groups is 1. The first-order valence-corrected chi connectivity index (χ1v) is 14.0. The quantitative estimate of drug-likeness (QED) is 0.198. The predicted octanol–water partition coefficient (Wildman–Crippen LogP) is 7.20. The molecule has 2 N–H and O–H groups in total. The average molecular weight is 552 g/mol. The van der Waals surface area contributed by atoms with E-state index in [1.165, 1.54) is 25.3 Å². The number of hydrogen-bond donors (Lipinski definition) is 2. The minimum absolute atomic E-state index is 0.0163. The number of phenols is 1. The molecule has 0 aliphatic carbocycles. The molecule has 0 saturated heterocycles. The normalized spacial score (nSPS) is 11.5. The third kappa shape index (κ3) is 5.69. The second kappa shape index (κ2) is 11.4. The number of aromatic hydroxyl groups is 1. The number of rotatable bonds is 8. The minimum atomic E-state index is -3.69. The molecule has 200 valence electrons. The predicted molar refractivity (Wildman–Crippen MR) is 155 cm³/mol. The summed E-state index contributed by atoms with van der Waals surface area (Å²) in [5, 5.41) is 23.7. The fraction of sp³-hybridized carbons (Fsp3) is 0.0645. The number of anilines is 1. The van der Waals surface area contributed by atoms with Crippen molar-refractivity contribution in [2.24, 2.45) is 10.2 Å². The van der Waals surface area contributed by atoms with Gasteiger partial charge in [-0.25, -0.2) is 8.42 Å². The van der Waals surface area contributed by atoms with Crippen LogP contribution in [0.2, 0.25) is 0 Å². The van der Waals surface area contributed by atoms with Gasteiger partial charge in [0.2, 0.25) is 0 Å². The van der Waals surface area contributed by atoms with Gasteiger partial charge in [0.25, 0.3) is 5.91 Å². The molecule has 0 aromatic heterocycles. The van der Waals surface area contributed by atoms with Gasteiger partial charge in [-0.3, -0.25) is 4.79 Å².